The third-order valence-electron chi connectivity index (χ3n) is 6.00. The van der Waals surface area contributed by atoms with Crippen molar-refractivity contribution in [2.75, 3.05) is 26.2 Å². The van der Waals surface area contributed by atoms with Crippen molar-refractivity contribution in [3.8, 4) is 0 Å². The number of fused-ring (bicyclic) bond motifs is 1. The second-order valence-corrected chi connectivity index (χ2v) is 9.89. The van der Waals surface area contributed by atoms with E-state index in [4.69, 9.17) is 16.3 Å². The number of hydrogen-bond acceptors (Lipinski definition) is 5. The summed E-state index contributed by atoms with van der Waals surface area (Å²) in [5.41, 5.74) is 0.0743. The largest absolute Gasteiger partial charge is 0.445 e. The van der Waals surface area contributed by atoms with Crippen LogP contribution in [0.2, 0.25) is 5.02 Å². The summed E-state index contributed by atoms with van der Waals surface area (Å²) < 4.78 is 46.1. The second-order valence-electron chi connectivity index (χ2n) is 9.46. The Morgan fingerprint density at radius 3 is 2.63 bits per heavy atom. The third-order valence-corrected chi connectivity index (χ3v) is 6.22. The van der Waals surface area contributed by atoms with Gasteiger partial charge in [-0.2, -0.15) is 18.3 Å². The van der Waals surface area contributed by atoms with Crippen LogP contribution in [-0.2, 0) is 30.6 Å². The molecule has 190 valence electrons. The van der Waals surface area contributed by atoms with Crippen molar-refractivity contribution in [2.45, 2.75) is 51.7 Å². The standard InChI is InChI=1S/C23H27ClF3N5O3/c1-22(2)14-31(7-4-28-22)20(33)19-11-18-12-30(5-3-6-32(18)29-19)21(34)35-13-15-8-16(23(25,26)27)10-17(24)9-15/h8-11,28H,3-7,12-14H2,1-2H3. The quantitative estimate of drug-likeness (QED) is 0.673. The van der Waals surface area contributed by atoms with Gasteiger partial charge in [0.2, 0.25) is 0 Å². The van der Waals surface area contributed by atoms with E-state index in [1.54, 1.807) is 15.6 Å². The maximum absolute atomic E-state index is 13.0. The van der Waals surface area contributed by atoms with Crippen LogP contribution in [0.3, 0.4) is 0 Å². The number of aryl methyl sites for hydroxylation is 1. The highest BCUT2D eigenvalue weighted by Crippen LogP contribution is 2.32. The van der Waals surface area contributed by atoms with E-state index in [0.29, 0.717) is 50.5 Å². The lowest BCUT2D eigenvalue weighted by Gasteiger charge is -2.38. The number of nitrogens with zero attached hydrogens (tertiary/aromatic N) is 4. The Kier molecular flexibility index (Phi) is 7.01. The number of amides is 2. The number of aromatic nitrogens is 2. The first kappa shape index (κ1) is 25.3. The summed E-state index contributed by atoms with van der Waals surface area (Å²) in [6, 6.07) is 4.75. The summed E-state index contributed by atoms with van der Waals surface area (Å²) in [4.78, 5) is 28.9. The van der Waals surface area contributed by atoms with Gasteiger partial charge in [-0.05, 0) is 50.1 Å². The Bertz CT molecular complexity index is 1120. The van der Waals surface area contributed by atoms with Crippen molar-refractivity contribution in [1.29, 1.82) is 0 Å². The lowest BCUT2D eigenvalue weighted by Crippen LogP contribution is -2.58. The molecule has 12 heteroatoms. The number of benzene rings is 1. The highest BCUT2D eigenvalue weighted by molar-refractivity contribution is 6.30. The molecule has 3 heterocycles. The molecule has 1 N–H and O–H groups in total. The van der Waals surface area contributed by atoms with Crippen LogP contribution in [0.15, 0.2) is 24.3 Å². The van der Waals surface area contributed by atoms with Crippen LogP contribution in [0.5, 0.6) is 0 Å². The van der Waals surface area contributed by atoms with Gasteiger partial charge in [-0.3, -0.25) is 9.48 Å². The van der Waals surface area contributed by atoms with E-state index in [1.807, 2.05) is 13.8 Å². The van der Waals surface area contributed by atoms with Gasteiger partial charge in [0, 0.05) is 43.3 Å². The first-order valence-electron chi connectivity index (χ1n) is 11.3. The monoisotopic (exact) mass is 513 g/mol. The molecule has 1 saturated heterocycles. The van der Waals surface area contributed by atoms with Crippen LogP contribution in [0, 0.1) is 0 Å². The van der Waals surface area contributed by atoms with Crippen LogP contribution < -0.4 is 5.32 Å². The molecule has 4 rings (SSSR count). The second kappa shape index (κ2) is 9.69. The first-order valence-corrected chi connectivity index (χ1v) is 11.7. The molecule has 35 heavy (non-hydrogen) atoms. The molecule has 1 aromatic carbocycles. The fraction of sp³-hybridized carbons (Fsp3) is 0.522. The van der Waals surface area contributed by atoms with Gasteiger partial charge < -0.3 is 19.9 Å². The number of carbonyl (C=O) groups is 2. The maximum atomic E-state index is 13.0. The van der Waals surface area contributed by atoms with Gasteiger partial charge in [-0.25, -0.2) is 4.79 Å². The van der Waals surface area contributed by atoms with Crippen LogP contribution in [-0.4, -0.2) is 63.3 Å². The number of nitrogens with one attached hydrogen (secondary N) is 1. The molecule has 0 spiro atoms. The average molecular weight is 514 g/mol. The van der Waals surface area contributed by atoms with Gasteiger partial charge in [0.1, 0.15) is 6.61 Å². The first-order chi connectivity index (χ1) is 16.4. The lowest BCUT2D eigenvalue weighted by molar-refractivity contribution is -0.137. The van der Waals surface area contributed by atoms with Crippen molar-refractivity contribution in [1.82, 2.24) is 24.9 Å². The average Bonchev–Trinajstić information content (AvgIpc) is 3.06. The number of rotatable bonds is 3. The van der Waals surface area contributed by atoms with Gasteiger partial charge >= 0.3 is 12.3 Å². The molecule has 0 atom stereocenters. The summed E-state index contributed by atoms with van der Waals surface area (Å²) >= 11 is 5.80. The molecule has 8 nitrogen and oxygen atoms in total. The van der Waals surface area contributed by atoms with Gasteiger partial charge in [-0.15, -0.1) is 0 Å². The smallest absolute Gasteiger partial charge is 0.416 e. The molecule has 2 aliphatic rings. The Labute approximate surface area is 205 Å². The van der Waals surface area contributed by atoms with Crippen molar-refractivity contribution in [3.63, 3.8) is 0 Å². The van der Waals surface area contributed by atoms with Crippen LogP contribution in [0.25, 0.3) is 0 Å². The molecule has 1 aromatic heterocycles. The SMILES string of the molecule is CC1(C)CN(C(=O)c2cc3n(n2)CCCN(C(=O)OCc2cc(Cl)cc(C(F)(F)F)c2)C3)CCN1. The highest BCUT2D eigenvalue weighted by Gasteiger charge is 2.32. The molecule has 0 bridgehead atoms. The normalized spacial score (nSPS) is 18.1. The van der Waals surface area contributed by atoms with E-state index in [9.17, 15) is 22.8 Å². The molecular formula is C23H27ClF3N5O3. The molecule has 2 aromatic rings. The highest BCUT2D eigenvalue weighted by atomic mass is 35.5. The maximum Gasteiger partial charge on any atom is 0.416 e. The number of piperazine rings is 1. The Morgan fingerprint density at radius 1 is 1.14 bits per heavy atom. The summed E-state index contributed by atoms with van der Waals surface area (Å²) in [6.45, 7) is 6.66. The number of ether oxygens (including phenoxy) is 1. The zero-order valence-corrected chi connectivity index (χ0v) is 20.2. The molecule has 0 unspecified atom stereocenters. The van der Waals surface area contributed by atoms with Gasteiger partial charge in [0.05, 0.1) is 17.8 Å². The molecule has 2 amide bonds. The van der Waals surface area contributed by atoms with Crippen LogP contribution in [0.4, 0.5) is 18.0 Å². The summed E-state index contributed by atoms with van der Waals surface area (Å²) in [5, 5.41) is 7.75. The topological polar surface area (TPSA) is 79.7 Å². The Morgan fingerprint density at radius 2 is 1.91 bits per heavy atom. The summed E-state index contributed by atoms with van der Waals surface area (Å²) in [5.74, 6) is -0.157. The van der Waals surface area contributed by atoms with E-state index in [-0.39, 0.29) is 35.2 Å². The van der Waals surface area contributed by atoms with Crippen LogP contribution in [0.1, 0.15) is 47.6 Å². The minimum Gasteiger partial charge on any atom is -0.445 e. The van der Waals surface area contributed by atoms with Gasteiger partial charge in [0.15, 0.2) is 5.69 Å². The van der Waals surface area contributed by atoms with E-state index < -0.39 is 17.8 Å². The van der Waals surface area contributed by atoms with Gasteiger partial charge in [0.25, 0.3) is 5.91 Å². The van der Waals surface area contributed by atoms with Crippen molar-refractivity contribution in [3.05, 3.63) is 51.8 Å². The van der Waals surface area contributed by atoms with E-state index >= 15 is 0 Å². The predicted octanol–water partition coefficient (Wildman–Crippen LogP) is 3.92. The number of halogens is 4. The summed E-state index contributed by atoms with van der Waals surface area (Å²) in [6.07, 6.45) is -4.62. The van der Waals surface area contributed by atoms with E-state index in [0.717, 1.165) is 12.1 Å². The van der Waals surface area contributed by atoms with Crippen molar-refractivity contribution in [2.24, 2.45) is 0 Å². The molecule has 1 fully saturated rings. The minimum absolute atomic E-state index is 0.0883. The molecule has 0 aliphatic carbocycles. The minimum atomic E-state index is -4.55. The Hall–Kier alpha value is -2.79. The molecule has 2 aliphatic heterocycles. The van der Waals surface area contributed by atoms with E-state index in [1.165, 1.54) is 11.0 Å². The van der Waals surface area contributed by atoms with E-state index in [2.05, 4.69) is 10.4 Å². The van der Waals surface area contributed by atoms with Crippen molar-refractivity contribution >= 4 is 23.6 Å². The molecule has 0 radical (unpaired) electrons. The zero-order chi connectivity index (χ0) is 25.4. The Balaban J connectivity index is 1.41. The molecular weight excluding hydrogens is 487 g/mol. The number of hydrogen-bond donors (Lipinski definition) is 1. The predicted molar refractivity (Wildman–Crippen MR) is 122 cm³/mol. The number of carbonyl (C=O) groups excluding carboxylic acids is 2. The van der Waals surface area contributed by atoms with Gasteiger partial charge in [-0.1, -0.05) is 11.6 Å². The number of alkyl halides is 3. The van der Waals surface area contributed by atoms with Crippen LogP contribution >= 0.6 is 11.6 Å². The molecule has 0 saturated carbocycles. The fourth-order valence-corrected chi connectivity index (χ4v) is 4.59. The summed E-state index contributed by atoms with van der Waals surface area (Å²) in [7, 11) is 0. The zero-order valence-electron chi connectivity index (χ0n) is 19.5. The third kappa shape index (κ3) is 6.07. The lowest BCUT2D eigenvalue weighted by atomic mass is 10.0. The van der Waals surface area contributed by atoms with Crippen molar-refractivity contribution < 1.29 is 27.5 Å². The fourth-order valence-electron chi connectivity index (χ4n) is 4.33.